The SMILES string of the molecule is CCCCCCCCCCc1ccccc1OCCCOC(=O)C(CCC)[N+](C)(C)Cc1ccccc1. The molecule has 2 aromatic carbocycles. The number of rotatable bonds is 20. The number of unbranched alkanes of at least 4 members (excludes halogenated alkanes) is 7. The van der Waals surface area contributed by atoms with Gasteiger partial charge in [-0.3, -0.25) is 0 Å². The molecule has 0 spiro atoms. The topological polar surface area (TPSA) is 35.5 Å². The highest BCUT2D eigenvalue weighted by Gasteiger charge is 2.35. The smallest absolute Gasteiger partial charge is 0.364 e. The standard InChI is InChI=1S/C33H52NO3/c1-5-7-8-9-10-11-12-16-23-30-24-17-18-25-32(30)36-26-19-27-37-33(35)31(20-6-2)34(3,4)28-29-21-14-13-15-22-29/h13-15,17-18,21-22,24-25,31H,5-12,16,19-20,23,26-28H2,1-4H3/q+1. The fourth-order valence-electron chi connectivity index (χ4n) is 5.00. The summed E-state index contributed by atoms with van der Waals surface area (Å²) in [7, 11) is 4.25. The molecule has 4 heteroatoms. The van der Waals surface area contributed by atoms with E-state index in [1.165, 1.54) is 62.5 Å². The molecule has 0 fully saturated rings. The van der Waals surface area contributed by atoms with Gasteiger partial charge in [0.05, 0.1) is 27.3 Å². The summed E-state index contributed by atoms with van der Waals surface area (Å²) < 4.78 is 12.4. The van der Waals surface area contributed by atoms with E-state index in [0.29, 0.717) is 24.1 Å². The first-order valence-corrected chi connectivity index (χ1v) is 14.7. The van der Waals surface area contributed by atoms with E-state index >= 15 is 0 Å². The number of benzene rings is 2. The molecule has 0 aliphatic heterocycles. The molecule has 0 saturated heterocycles. The van der Waals surface area contributed by atoms with Crippen LogP contribution < -0.4 is 4.74 Å². The number of likely N-dealkylation sites (N-methyl/N-ethyl adjacent to an activating group) is 1. The van der Waals surface area contributed by atoms with Crippen molar-refractivity contribution in [2.45, 2.75) is 103 Å². The molecule has 0 aromatic heterocycles. The first-order valence-electron chi connectivity index (χ1n) is 14.7. The lowest BCUT2D eigenvalue weighted by Gasteiger charge is -2.36. The number of ether oxygens (including phenoxy) is 2. The summed E-state index contributed by atoms with van der Waals surface area (Å²) in [5.41, 5.74) is 2.52. The molecule has 2 aromatic rings. The Bertz CT molecular complexity index is 865. The van der Waals surface area contributed by atoms with Crippen molar-refractivity contribution >= 4 is 5.97 Å². The molecule has 0 aliphatic carbocycles. The minimum absolute atomic E-state index is 0.0992. The summed E-state index contributed by atoms with van der Waals surface area (Å²) in [5, 5.41) is 0. The van der Waals surface area contributed by atoms with Gasteiger partial charge in [-0.25, -0.2) is 4.79 Å². The van der Waals surface area contributed by atoms with E-state index in [1.807, 2.05) is 12.1 Å². The van der Waals surface area contributed by atoms with Crippen LogP contribution in [0.2, 0.25) is 0 Å². The lowest BCUT2D eigenvalue weighted by Crippen LogP contribution is -2.52. The van der Waals surface area contributed by atoms with Crippen molar-refractivity contribution in [3.8, 4) is 5.75 Å². The zero-order valence-corrected chi connectivity index (χ0v) is 24.1. The molecule has 0 saturated carbocycles. The summed E-state index contributed by atoms with van der Waals surface area (Å²) in [4.78, 5) is 13.0. The number of quaternary nitrogens is 1. The lowest BCUT2D eigenvalue weighted by molar-refractivity contribution is -0.920. The Kier molecular flexibility index (Phi) is 15.0. The van der Waals surface area contributed by atoms with Crippen LogP contribution >= 0.6 is 0 Å². The molecular formula is C33H52NO3+. The van der Waals surface area contributed by atoms with Crippen LogP contribution in [0.15, 0.2) is 54.6 Å². The maximum absolute atomic E-state index is 13.0. The fourth-order valence-corrected chi connectivity index (χ4v) is 5.00. The Morgan fingerprint density at radius 3 is 2.11 bits per heavy atom. The second kappa shape index (κ2) is 18.0. The summed E-state index contributed by atoms with van der Waals surface area (Å²) >= 11 is 0. The van der Waals surface area contributed by atoms with Crippen LogP contribution in [0.25, 0.3) is 0 Å². The number of carbonyl (C=O) groups is 1. The largest absolute Gasteiger partial charge is 0.493 e. The van der Waals surface area contributed by atoms with Gasteiger partial charge in [0.15, 0.2) is 6.04 Å². The third kappa shape index (κ3) is 12.2. The first-order chi connectivity index (χ1) is 18.0. The molecule has 0 radical (unpaired) electrons. The zero-order valence-electron chi connectivity index (χ0n) is 24.1. The molecule has 0 heterocycles. The predicted octanol–water partition coefficient (Wildman–Crippen LogP) is 8.13. The van der Waals surface area contributed by atoms with Crippen LogP contribution in [0.1, 0.15) is 95.6 Å². The van der Waals surface area contributed by atoms with E-state index in [2.05, 4.69) is 70.4 Å². The summed E-state index contributed by atoms with van der Waals surface area (Å²) in [6, 6.07) is 18.6. The molecule has 4 nitrogen and oxygen atoms in total. The maximum atomic E-state index is 13.0. The van der Waals surface area contributed by atoms with E-state index < -0.39 is 0 Å². The molecule has 2 rings (SSSR count). The van der Waals surface area contributed by atoms with Crippen molar-refractivity contribution < 1.29 is 18.8 Å². The second-order valence-corrected chi connectivity index (χ2v) is 10.9. The van der Waals surface area contributed by atoms with Crippen LogP contribution in [0.5, 0.6) is 5.75 Å². The van der Waals surface area contributed by atoms with Crippen LogP contribution in [-0.2, 0) is 22.5 Å². The highest BCUT2D eigenvalue weighted by atomic mass is 16.5. The van der Waals surface area contributed by atoms with Gasteiger partial charge in [-0.2, -0.15) is 0 Å². The number of aryl methyl sites for hydroxylation is 1. The Morgan fingerprint density at radius 2 is 1.41 bits per heavy atom. The Labute approximate surface area is 227 Å². The van der Waals surface area contributed by atoms with Crippen LogP contribution in [0.4, 0.5) is 0 Å². The minimum atomic E-state index is -0.168. The Hall–Kier alpha value is -2.33. The normalized spacial score (nSPS) is 12.3. The third-order valence-electron chi connectivity index (χ3n) is 7.17. The summed E-state index contributed by atoms with van der Waals surface area (Å²) in [6.45, 7) is 6.15. The van der Waals surface area contributed by atoms with E-state index in [-0.39, 0.29) is 12.0 Å². The van der Waals surface area contributed by atoms with E-state index in [9.17, 15) is 4.79 Å². The number of para-hydroxylation sites is 1. The van der Waals surface area contributed by atoms with E-state index in [4.69, 9.17) is 9.47 Å². The number of hydrogen-bond acceptors (Lipinski definition) is 3. The predicted molar refractivity (Wildman–Crippen MR) is 155 cm³/mol. The lowest BCUT2D eigenvalue weighted by atomic mass is 10.0. The average Bonchev–Trinajstić information content (AvgIpc) is 2.89. The highest BCUT2D eigenvalue weighted by Crippen LogP contribution is 2.22. The van der Waals surface area contributed by atoms with Crippen molar-refractivity contribution in [2.24, 2.45) is 0 Å². The van der Waals surface area contributed by atoms with Crippen molar-refractivity contribution in [2.75, 3.05) is 27.3 Å². The number of esters is 1. The monoisotopic (exact) mass is 510 g/mol. The van der Waals surface area contributed by atoms with E-state index in [1.54, 1.807) is 0 Å². The second-order valence-electron chi connectivity index (χ2n) is 10.9. The van der Waals surface area contributed by atoms with Crippen molar-refractivity contribution in [3.63, 3.8) is 0 Å². The van der Waals surface area contributed by atoms with Gasteiger partial charge in [-0.1, -0.05) is 107 Å². The van der Waals surface area contributed by atoms with Gasteiger partial charge >= 0.3 is 5.97 Å². The molecular weight excluding hydrogens is 458 g/mol. The molecule has 1 unspecified atom stereocenters. The maximum Gasteiger partial charge on any atom is 0.364 e. The first kappa shape index (κ1) is 30.9. The van der Waals surface area contributed by atoms with Gasteiger partial charge in [-0.15, -0.1) is 0 Å². The number of nitrogens with zero attached hydrogens (tertiary/aromatic N) is 1. The molecule has 37 heavy (non-hydrogen) atoms. The molecule has 0 amide bonds. The fraction of sp³-hybridized carbons (Fsp3) is 0.606. The minimum Gasteiger partial charge on any atom is -0.493 e. The molecule has 206 valence electrons. The summed E-state index contributed by atoms with van der Waals surface area (Å²) in [6.07, 6.45) is 14.2. The molecule has 0 bridgehead atoms. The third-order valence-corrected chi connectivity index (χ3v) is 7.17. The number of hydrogen-bond donors (Lipinski definition) is 0. The molecule has 0 N–H and O–H groups in total. The van der Waals surface area contributed by atoms with E-state index in [0.717, 1.165) is 31.6 Å². The van der Waals surface area contributed by atoms with Gasteiger partial charge in [0.25, 0.3) is 0 Å². The number of carbonyl (C=O) groups excluding carboxylic acids is 1. The van der Waals surface area contributed by atoms with Crippen molar-refractivity contribution in [1.29, 1.82) is 0 Å². The Balaban J connectivity index is 1.72. The van der Waals surface area contributed by atoms with Crippen LogP contribution in [0.3, 0.4) is 0 Å². The van der Waals surface area contributed by atoms with Crippen molar-refractivity contribution in [3.05, 3.63) is 65.7 Å². The van der Waals surface area contributed by atoms with Gasteiger partial charge in [0.1, 0.15) is 12.3 Å². The van der Waals surface area contributed by atoms with Gasteiger partial charge < -0.3 is 14.0 Å². The highest BCUT2D eigenvalue weighted by molar-refractivity contribution is 5.74. The van der Waals surface area contributed by atoms with Crippen LogP contribution in [-0.4, -0.2) is 43.8 Å². The van der Waals surface area contributed by atoms with Gasteiger partial charge in [0, 0.05) is 18.4 Å². The van der Waals surface area contributed by atoms with Crippen molar-refractivity contribution in [1.82, 2.24) is 0 Å². The molecule has 1 atom stereocenters. The molecule has 0 aliphatic rings. The van der Waals surface area contributed by atoms with Crippen LogP contribution in [0, 0.1) is 0 Å². The van der Waals surface area contributed by atoms with Gasteiger partial charge in [-0.05, 0) is 30.9 Å². The van der Waals surface area contributed by atoms with Gasteiger partial charge in [0.2, 0.25) is 0 Å². The average molecular weight is 511 g/mol. The summed E-state index contributed by atoms with van der Waals surface area (Å²) in [5.74, 6) is 0.874. The zero-order chi connectivity index (χ0) is 26.8. The quantitative estimate of drug-likeness (QED) is 0.102. The Morgan fingerprint density at radius 1 is 0.757 bits per heavy atom.